The second-order valence-corrected chi connectivity index (χ2v) is 12.3. The maximum Gasteiger partial charge on any atom is 0.353 e. The Bertz CT molecular complexity index is 1080. The highest BCUT2D eigenvalue weighted by atomic mass is 35.5. The fourth-order valence-corrected chi connectivity index (χ4v) is 7.01. The van der Waals surface area contributed by atoms with E-state index < -0.39 is 18.5 Å². The van der Waals surface area contributed by atoms with Crippen molar-refractivity contribution in [3.8, 4) is 0 Å². The second kappa shape index (κ2) is 15.7. The molecule has 0 amide bonds. The molecule has 0 aromatic heterocycles. The number of benzene rings is 2. The van der Waals surface area contributed by atoms with Gasteiger partial charge < -0.3 is 19.5 Å². The molecule has 1 aliphatic rings. The van der Waals surface area contributed by atoms with Crippen LogP contribution in [0, 0.1) is 0 Å². The number of allylic oxidation sites excluding steroid dienone is 1. The number of aryl methyl sites for hydroxylation is 1. The second-order valence-electron chi connectivity index (χ2n) is 8.08. The average Bonchev–Trinajstić information content (AvgIpc) is 3.33. The summed E-state index contributed by atoms with van der Waals surface area (Å²) in [6, 6.07) is 16.2. The third kappa shape index (κ3) is 9.75. The number of nitrogens with two attached hydrogens (primary N) is 1. The summed E-state index contributed by atoms with van der Waals surface area (Å²) < 4.78 is 29.0. The van der Waals surface area contributed by atoms with Gasteiger partial charge in [-0.1, -0.05) is 54.1 Å². The molecule has 0 aliphatic carbocycles. The number of ether oxygens (including phenoxy) is 1. The van der Waals surface area contributed by atoms with Gasteiger partial charge in [-0.15, -0.1) is 12.4 Å². The zero-order valence-electron chi connectivity index (χ0n) is 20.7. The van der Waals surface area contributed by atoms with Crippen LogP contribution in [0.1, 0.15) is 37.8 Å². The normalized spacial score (nSPS) is 17.1. The van der Waals surface area contributed by atoms with Crippen LogP contribution in [0.4, 0.5) is 0 Å². The molecule has 1 aliphatic heterocycles. The van der Waals surface area contributed by atoms with Crippen molar-refractivity contribution < 1.29 is 18.3 Å². The van der Waals surface area contributed by atoms with E-state index >= 15 is 0 Å². The third-order valence-electron chi connectivity index (χ3n) is 5.37. The minimum Gasteiger partial charge on any atom is -0.488 e. The summed E-state index contributed by atoms with van der Waals surface area (Å²) in [5.41, 5.74) is 8.43. The van der Waals surface area contributed by atoms with Crippen LogP contribution < -0.4 is 5.73 Å². The van der Waals surface area contributed by atoms with E-state index in [2.05, 4.69) is 41.1 Å². The van der Waals surface area contributed by atoms with Crippen LogP contribution >= 0.6 is 42.5 Å². The maximum absolute atomic E-state index is 12.5. The Morgan fingerprint density at radius 2 is 1.83 bits per heavy atom. The summed E-state index contributed by atoms with van der Waals surface area (Å²) in [5.74, 6) is 2.38. The molecular formula is C27H36Cl2NO4PS. The van der Waals surface area contributed by atoms with Crippen molar-refractivity contribution in [2.24, 2.45) is 5.73 Å². The molecule has 0 bridgehead atoms. The molecule has 0 saturated heterocycles. The first-order valence-corrected chi connectivity index (χ1v) is 15.4. The SMILES string of the molecule is CCOP(=O)(C=CC(N)CCCc1ccc([SH]2C=CC(OCc3ccccc3)=C2)cc1Cl)OCC.Cl. The van der Waals surface area contributed by atoms with Crippen LogP contribution in [-0.4, -0.2) is 19.3 Å². The fraction of sp³-hybridized carbons (Fsp3) is 0.333. The lowest BCUT2D eigenvalue weighted by atomic mass is 10.1. The number of hydrogen-bond acceptors (Lipinski definition) is 5. The smallest absolute Gasteiger partial charge is 0.353 e. The average molecular weight is 573 g/mol. The molecule has 0 radical (unpaired) electrons. The number of thiol groups is 1. The summed E-state index contributed by atoms with van der Waals surface area (Å²) in [6.45, 7) is 4.77. The minimum atomic E-state index is -3.21. The summed E-state index contributed by atoms with van der Waals surface area (Å²) >= 11 is 6.61. The Morgan fingerprint density at radius 3 is 2.50 bits per heavy atom. The Labute approximate surface area is 229 Å². The van der Waals surface area contributed by atoms with Crippen molar-refractivity contribution in [3.05, 3.63) is 99.2 Å². The van der Waals surface area contributed by atoms with Gasteiger partial charge in [-0.25, -0.2) is 0 Å². The van der Waals surface area contributed by atoms with Gasteiger partial charge in [-0.2, -0.15) is 10.9 Å². The molecule has 3 rings (SSSR count). The number of halogens is 2. The van der Waals surface area contributed by atoms with Crippen LogP contribution in [0.3, 0.4) is 0 Å². The molecule has 198 valence electrons. The standard InChI is InChI=1S/C27H35ClNO4PS.ClH/c1-3-32-34(30,33-4-2)17-15-24(29)12-8-11-23-13-14-26(19-27(23)28)35-18-16-25(21-35)31-20-22-9-6-5-7-10-22;/h5-7,9-10,13-19,21,24,35H,3-4,8,11-12,20,29H2,1-2H3;1H. The molecule has 36 heavy (non-hydrogen) atoms. The van der Waals surface area contributed by atoms with Gasteiger partial charge in [0.25, 0.3) is 0 Å². The first-order chi connectivity index (χ1) is 16.9. The molecule has 5 nitrogen and oxygen atoms in total. The molecule has 1 heterocycles. The minimum absolute atomic E-state index is 0. The molecule has 0 spiro atoms. The molecular weight excluding hydrogens is 536 g/mol. The van der Waals surface area contributed by atoms with Crippen LogP contribution in [0.5, 0.6) is 0 Å². The monoisotopic (exact) mass is 571 g/mol. The van der Waals surface area contributed by atoms with Gasteiger partial charge in [-0.05, 0) is 72.7 Å². The Morgan fingerprint density at radius 1 is 1.11 bits per heavy atom. The lowest BCUT2D eigenvalue weighted by molar-refractivity contribution is 0.212. The third-order valence-corrected chi connectivity index (χ3v) is 9.37. The van der Waals surface area contributed by atoms with Gasteiger partial charge in [0, 0.05) is 22.3 Å². The number of hydrogen-bond donors (Lipinski definition) is 2. The number of rotatable bonds is 14. The largest absolute Gasteiger partial charge is 0.488 e. The van der Waals surface area contributed by atoms with Crippen molar-refractivity contribution in [1.82, 2.24) is 0 Å². The molecule has 2 aromatic carbocycles. The predicted molar refractivity (Wildman–Crippen MR) is 155 cm³/mol. The van der Waals surface area contributed by atoms with Crippen LogP contribution in [0.25, 0.3) is 0 Å². The Balaban J connectivity index is 0.00000456. The van der Waals surface area contributed by atoms with Gasteiger partial charge in [-0.3, -0.25) is 4.57 Å². The summed E-state index contributed by atoms with van der Waals surface area (Å²) in [6.07, 6.45) is 6.19. The summed E-state index contributed by atoms with van der Waals surface area (Å²) in [5, 5.41) is 5.14. The zero-order chi connectivity index (χ0) is 25.1. The molecule has 2 N–H and O–H groups in total. The summed E-state index contributed by atoms with van der Waals surface area (Å²) in [7, 11) is -3.78. The van der Waals surface area contributed by atoms with E-state index in [-0.39, 0.29) is 18.4 Å². The van der Waals surface area contributed by atoms with Crippen molar-refractivity contribution in [3.63, 3.8) is 0 Å². The van der Waals surface area contributed by atoms with E-state index in [1.54, 1.807) is 19.9 Å². The molecule has 0 saturated carbocycles. The van der Waals surface area contributed by atoms with Gasteiger partial charge in [0.15, 0.2) is 0 Å². The van der Waals surface area contributed by atoms with Crippen molar-refractivity contribution in [1.29, 1.82) is 0 Å². The van der Waals surface area contributed by atoms with Crippen LogP contribution in [0.2, 0.25) is 5.02 Å². The Hall–Kier alpha value is -1.50. The first-order valence-electron chi connectivity index (χ1n) is 11.9. The zero-order valence-corrected chi connectivity index (χ0v) is 24.1. The van der Waals surface area contributed by atoms with Crippen molar-refractivity contribution in [2.75, 3.05) is 13.2 Å². The van der Waals surface area contributed by atoms with Crippen LogP contribution in [-0.2, 0) is 31.4 Å². The first kappa shape index (κ1) is 30.7. The van der Waals surface area contributed by atoms with Crippen molar-refractivity contribution in [2.45, 2.75) is 50.7 Å². The summed E-state index contributed by atoms with van der Waals surface area (Å²) in [4.78, 5) is 1.20. The molecule has 2 unspecified atom stereocenters. The van der Waals surface area contributed by atoms with E-state index in [4.69, 9.17) is 31.1 Å². The van der Waals surface area contributed by atoms with E-state index in [9.17, 15) is 4.57 Å². The van der Waals surface area contributed by atoms with E-state index in [0.717, 1.165) is 41.2 Å². The fourth-order valence-electron chi connectivity index (χ4n) is 3.59. The van der Waals surface area contributed by atoms with Crippen LogP contribution in [0.15, 0.2) is 88.0 Å². The van der Waals surface area contributed by atoms with Gasteiger partial charge >= 0.3 is 7.60 Å². The topological polar surface area (TPSA) is 70.8 Å². The highest BCUT2D eigenvalue weighted by Crippen LogP contribution is 2.49. The predicted octanol–water partition coefficient (Wildman–Crippen LogP) is 8.14. The van der Waals surface area contributed by atoms with Gasteiger partial charge in [0.2, 0.25) is 0 Å². The Kier molecular flexibility index (Phi) is 13.4. The molecule has 2 atom stereocenters. The lowest BCUT2D eigenvalue weighted by Crippen LogP contribution is -2.16. The highest BCUT2D eigenvalue weighted by molar-refractivity contribution is 8.22. The van der Waals surface area contributed by atoms with Gasteiger partial charge in [0.05, 0.1) is 13.2 Å². The lowest BCUT2D eigenvalue weighted by Gasteiger charge is -2.14. The van der Waals surface area contributed by atoms with Gasteiger partial charge in [0.1, 0.15) is 12.4 Å². The van der Waals surface area contributed by atoms with E-state index in [0.29, 0.717) is 19.8 Å². The van der Waals surface area contributed by atoms with E-state index in [1.165, 1.54) is 10.7 Å². The van der Waals surface area contributed by atoms with E-state index in [1.807, 2.05) is 24.3 Å². The molecule has 0 fully saturated rings. The highest BCUT2D eigenvalue weighted by Gasteiger charge is 2.19. The molecule has 2 aromatic rings. The van der Waals surface area contributed by atoms with Crippen molar-refractivity contribution >= 4 is 42.5 Å². The maximum atomic E-state index is 12.5. The molecule has 9 heteroatoms. The quantitative estimate of drug-likeness (QED) is 0.177.